The maximum absolute atomic E-state index is 12.6. The molecule has 2 heterocycles. The van der Waals surface area contributed by atoms with Crippen molar-refractivity contribution >= 4 is 11.6 Å². The summed E-state index contributed by atoms with van der Waals surface area (Å²) in [6.07, 6.45) is 11.6. The van der Waals surface area contributed by atoms with E-state index in [0.717, 1.165) is 11.1 Å². The number of anilines is 1. The van der Waals surface area contributed by atoms with Gasteiger partial charge in [0.05, 0.1) is 5.69 Å². The first-order valence-corrected chi connectivity index (χ1v) is 9.20. The van der Waals surface area contributed by atoms with Crippen LogP contribution < -0.4 is 15.2 Å². The SMILES string of the molecule is O=C1CC(C2=CC=CC=C=C2)CN1c1c[nH]c(=O)c(OCc2ccccc2)c1. The number of nitrogens with one attached hydrogen (secondary N) is 1. The summed E-state index contributed by atoms with van der Waals surface area (Å²) in [6.45, 7) is 0.848. The number of aromatic amines is 1. The maximum atomic E-state index is 12.6. The number of rotatable bonds is 5. The van der Waals surface area contributed by atoms with Gasteiger partial charge in [0.2, 0.25) is 5.91 Å². The molecule has 1 fully saturated rings. The number of ether oxygens (including phenoxy) is 1. The molecule has 2 aromatic rings. The lowest BCUT2D eigenvalue weighted by Crippen LogP contribution is -2.26. The summed E-state index contributed by atoms with van der Waals surface area (Å²) in [5, 5.41) is 0. The fourth-order valence-electron chi connectivity index (χ4n) is 3.36. The Labute approximate surface area is 163 Å². The number of nitrogens with zero attached hydrogens (tertiary/aromatic N) is 1. The molecule has 1 amide bonds. The summed E-state index contributed by atoms with van der Waals surface area (Å²) in [7, 11) is 0. The minimum Gasteiger partial charge on any atom is -0.483 e. The van der Waals surface area contributed by atoms with Gasteiger partial charge in [-0.3, -0.25) is 9.59 Å². The third-order valence-electron chi connectivity index (χ3n) is 4.84. The van der Waals surface area contributed by atoms with Crippen molar-refractivity contribution in [3.05, 3.63) is 100 Å². The van der Waals surface area contributed by atoms with E-state index in [4.69, 9.17) is 4.74 Å². The highest BCUT2D eigenvalue weighted by atomic mass is 16.5. The quantitative estimate of drug-likeness (QED) is 0.817. The highest BCUT2D eigenvalue weighted by molar-refractivity contribution is 5.96. The molecule has 0 radical (unpaired) electrons. The number of hydrogen-bond acceptors (Lipinski definition) is 3. The van der Waals surface area contributed by atoms with E-state index in [-0.39, 0.29) is 23.1 Å². The number of carbonyl (C=O) groups excluding carboxylic acids is 1. The van der Waals surface area contributed by atoms with Crippen LogP contribution in [0.3, 0.4) is 0 Å². The molecule has 0 spiro atoms. The van der Waals surface area contributed by atoms with Gasteiger partial charge in [0, 0.05) is 31.1 Å². The molecule has 1 atom stereocenters. The lowest BCUT2D eigenvalue weighted by Gasteiger charge is -2.17. The van der Waals surface area contributed by atoms with Gasteiger partial charge in [-0.15, -0.1) is 5.73 Å². The monoisotopic (exact) mass is 372 g/mol. The maximum Gasteiger partial charge on any atom is 0.290 e. The standard InChI is InChI=1S/C23H20N2O3/c26-22-12-19(18-10-6-1-2-7-11-18)15-25(22)20-13-21(23(27)24-14-20)28-16-17-8-4-3-5-9-17/h1-6,8-11,13-14,19H,12,15-16H2,(H,24,27). The van der Waals surface area contributed by atoms with Crippen molar-refractivity contribution in [1.29, 1.82) is 0 Å². The minimum absolute atomic E-state index is 0.0255. The van der Waals surface area contributed by atoms with Crippen LogP contribution in [0.25, 0.3) is 0 Å². The predicted molar refractivity (Wildman–Crippen MR) is 108 cm³/mol. The molecule has 1 saturated heterocycles. The van der Waals surface area contributed by atoms with Crippen molar-refractivity contribution in [3.8, 4) is 5.75 Å². The van der Waals surface area contributed by atoms with Crippen molar-refractivity contribution < 1.29 is 9.53 Å². The number of benzene rings is 1. The number of amides is 1. The first-order chi connectivity index (χ1) is 13.7. The molecule has 140 valence electrons. The van der Waals surface area contributed by atoms with Gasteiger partial charge in [0.25, 0.3) is 5.56 Å². The number of aromatic nitrogens is 1. The molecule has 5 heteroatoms. The summed E-state index contributed by atoms with van der Waals surface area (Å²) < 4.78 is 5.70. The summed E-state index contributed by atoms with van der Waals surface area (Å²) in [4.78, 5) is 29.1. The van der Waals surface area contributed by atoms with E-state index in [9.17, 15) is 9.59 Å². The van der Waals surface area contributed by atoms with E-state index >= 15 is 0 Å². The summed E-state index contributed by atoms with van der Waals surface area (Å²) in [5.41, 5.74) is 5.46. The smallest absolute Gasteiger partial charge is 0.290 e. The van der Waals surface area contributed by atoms with Crippen LogP contribution in [0.5, 0.6) is 5.75 Å². The molecule has 2 aliphatic rings. The normalized spacial score (nSPS) is 18.3. The third kappa shape index (κ3) is 3.90. The predicted octanol–water partition coefficient (Wildman–Crippen LogP) is 3.51. The fourth-order valence-corrected chi connectivity index (χ4v) is 3.36. The molecular weight excluding hydrogens is 352 g/mol. The van der Waals surface area contributed by atoms with Gasteiger partial charge in [-0.2, -0.15) is 0 Å². The van der Waals surface area contributed by atoms with Crippen LogP contribution in [0.4, 0.5) is 5.69 Å². The second-order valence-electron chi connectivity index (χ2n) is 6.76. The molecule has 0 saturated carbocycles. The minimum atomic E-state index is -0.312. The second kappa shape index (κ2) is 7.99. The van der Waals surface area contributed by atoms with Gasteiger partial charge >= 0.3 is 0 Å². The third-order valence-corrected chi connectivity index (χ3v) is 4.84. The van der Waals surface area contributed by atoms with Gasteiger partial charge < -0.3 is 14.6 Å². The van der Waals surface area contributed by atoms with E-state index in [1.807, 2.05) is 60.7 Å². The second-order valence-corrected chi connectivity index (χ2v) is 6.76. The van der Waals surface area contributed by atoms with Gasteiger partial charge in [0.15, 0.2) is 5.75 Å². The summed E-state index contributed by atoms with van der Waals surface area (Å²) in [5.74, 6) is 0.325. The summed E-state index contributed by atoms with van der Waals surface area (Å²) >= 11 is 0. The van der Waals surface area contributed by atoms with Crippen LogP contribution in [-0.4, -0.2) is 17.4 Å². The topological polar surface area (TPSA) is 62.4 Å². The summed E-state index contributed by atoms with van der Waals surface area (Å²) in [6, 6.07) is 11.3. The Morgan fingerprint density at radius 2 is 2.04 bits per heavy atom. The van der Waals surface area contributed by atoms with Gasteiger partial charge in [0.1, 0.15) is 6.61 Å². The average molecular weight is 372 g/mol. The van der Waals surface area contributed by atoms with Gasteiger partial charge in [-0.1, -0.05) is 48.6 Å². The van der Waals surface area contributed by atoms with E-state index in [2.05, 4.69) is 10.7 Å². The van der Waals surface area contributed by atoms with Crippen molar-refractivity contribution in [2.24, 2.45) is 5.92 Å². The molecule has 1 aromatic heterocycles. The van der Waals surface area contributed by atoms with E-state index in [1.165, 1.54) is 0 Å². The molecule has 5 nitrogen and oxygen atoms in total. The number of H-pyrrole nitrogens is 1. The number of hydrogen-bond donors (Lipinski definition) is 1. The number of pyridine rings is 1. The highest BCUT2D eigenvalue weighted by Crippen LogP contribution is 2.30. The van der Waals surface area contributed by atoms with Crippen molar-refractivity contribution in [1.82, 2.24) is 4.98 Å². The van der Waals surface area contributed by atoms with Crippen LogP contribution in [-0.2, 0) is 11.4 Å². The Morgan fingerprint density at radius 3 is 2.89 bits per heavy atom. The largest absolute Gasteiger partial charge is 0.483 e. The first kappa shape index (κ1) is 17.8. The van der Waals surface area contributed by atoms with Crippen molar-refractivity contribution in [3.63, 3.8) is 0 Å². The van der Waals surface area contributed by atoms with Crippen LogP contribution in [0, 0.1) is 5.92 Å². The molecule has 4 rings (SSSR count). The van der Waals surface area contributed by atoms with Gasteiger partial charge in [-0.25, -0.2) is 0 Å². The first-order valence-electron chi connectivity index (χ1n) is 9.20. The lowest BCUT2D eigenvalue weighted by molar-refractivity contribution is -0.117. The van der Waals surface area contributed by atoms with Crippen LogP contribution in [0.2, 0.25) is 0 Å². The van der Waals surface area contributed by atoms with E-state index < -0.39 is 0 Å². The molecule has 1 N–H and O–H groups in total. The van der Waals surface area contributed by atoms with E-state index in [0.29, 0.717) is 25.3 Å². The van der Waals surface area contributed by atoms with Crippen molar-refractivity contribution in [2.45, 2.75) is 13.0 Å². The average Bonchev–Trinajstić information content (AvgIpc) is 2.92. The Kier molecular flexibility index (Phi) is 5.09. The lowest BCUT2D eigenvalue weighted by atomic mass is 9.98. The Morgan fingerprint density at radius 1 is 1.18 bits per heavy atom. The Bertz CT molecular complexity index is 1060. The molecule has 1 aliphatic carbocycles. The Hall–Kier alpha value is -3.56. The van der Waals surface area contributed by atoms with Crippen LogP contribution in [0.15, 0.2) is 89.1 Å². The Balaban J connectivity index is 1.52. The van der Waals surface area contributed by atoms with Crippen LogP contribution >= 0.6 is 0 Å². The van der Waals surface area contributed by atoms with Crippen LogP contribution in [0.1, 0.15) is 12.0 Å². The van der Waals surface area contributed by atoms with Gasteiger partial charge in [-0.05, 0) is 23.3 Å². The van der Waals surface area contributed by atoms with Crippen molar-refractivity contribution in [2.75, 3.05) is 11.4 Å². The molecule has 0 bridgehead atoms. The molecule has 1 aliphatic heterocycles. The molecule has 1 unspecified atom stereocenters. The zero-order chi connectivity index (χ0) is 19.3. The fraction of sp³-hybridized carbons (Fsp3) is 0.174. The van der Waals surface area contributed by atoms with E-state index in [1.54, 1.807) is 17.2 Å². The zero-order valence-electron chi connectivity index (χ0n) is 15.3. The molecule has 1 aromatic carbocycles. The molecule has 28 heavy (non-hydrogen) atoms. The number of allylic oxidation sites excluding steroid dienone is 4. The number of carbonyl (C=O) groups is 1. The molecular formula is C23H20N2O3. The highest BCUT2D eigenvalue weighted by Gasteiger charge is 2.32. The zero-order valence-corrected chi connectivity index (χ0v) is 15.3.